The number of hydrogen-bond acceptors (Lipinski definition) is 1. The quantitative estimate of drug-likeness (QED) is 0.612. The van der Waals surface area contributed by atoms with Crippen LogP contribution in [0.2, 0.25) is 0 Å². The van der Waals surface area contributed by atoms with Crippen molar-refractivity contribution in [2.24, 2.45) is 0 Å². The average molecular weight is 195 g/mol. The van der Waals surface area contributed by atoms with E-state index in [0.717, 1.165) is 5.56 Å². The van der Waals surface area contributed by atoms with Gasteiger partial charge in [0.2, 0.25) is 0 Å². The van der Waals surface area contributed by atoms with Crippen molar-refractivity contribution in [1.29, 1.82) is 5.26 Å². The van der Waals surface area contributed by atoms with E-state index in [2.05, 4.69) is 0 Å². The molecule has 0 saturated heterocycles. The predicted octanol–water partition coefficient (Wildman–Crippen LogP) is 4.06. The molecule has 1 aromatic rings. The predicted molar refractivity (Wildman–Crippen MR) is 58.5 cm³/mol. The molecule has 2 heteroatoms. The van der Waals surface area contributed by atoms with Gasteiger partial charge in [-0.2, -0.15) is 5.26 Å². The van der Waals surface area contributed by atoms with E-state index in [1.165, 1.54) is 12.1 Å². The maximum atomic E-state index is 12.6. The standard InChI is InChI=1S/C8H6FN.2C2H6/c1-6-2-3-7(5-10)8(9)4-6;2*1-2/h2-4H,1H3;2*1-2H3. The van der Waals surface area contributed by atoms with Crippen LogP contribution in [0.25, 0.3) is 0 Å². The molecule has 0 aliphatic heterocycles. The van der Waals surface area contributed by atoms with E-state index in [9.17, 15) is 4.39 Å². The number of rotatable bonds is 0. The van der Waals surface area contributed by atoms with E-state index < -0.39 is 5.82 Å². The SMILES string of the molecule is CC.CC.Cc1ccc(C#N)c(F)c1. The van der Waals surface area contributed by atoms with Gasteiger partial charge < -0.3 is 0 Å². The molecule has 0 fully saturated rings. The van der Waals surface area contributed by atoms with Gasteiger partial charge >= 0.3 is 0 Å². The zero-order valence-corrected chi connectivity index (χ0v) is 9.56. The van der Waals surface area contributed by atoms with Crippen LogP contribution in [-0.2, 0) is 0 Å². The molecule has 0 heterocycles. The van der Waals surface area contributed by atoms with Crippen molar-refractivity contribution >= 4 is 0 Å². The first-order valence-corrected chi connectivity index (χ1v) is 4.90. The first-order chi connectivity index (χ1) is 6.74. The summed E-state index contributed by atoms with van der Waals surface area (Å²) in [6.07, 6.45) is 0. The van der Waals surface area contributed by atoms with Gasteiger partial charge in [-0.15, -0.1) is 0 Å². The van der Waals surface area contributed by atoms with E-state index in [1.807, 2.05) is 27.7 Å². The molecule has 0 radical (unpaired) electrons. The van der Waals surface area contributed by atoms with Crippen LogP contribution in [0.5, 0.6) is 0 Å². The van der Waals surface area contributed by atoms with Gasteiger partial charge in [-0.25, -0.2) is 4.39 Å². The van der Waals surface area contributed by atoms with E-state index in [0.29, 0.717) is 0 Å². The molecular formula is C12H18FN. The Labute approximate surface area is 86.2 Å². The van der Waals surface area contributed by atoms with Crippen molar-refractivity contribution in [3.8, 4) is 6.07 Å². The zero-order valence-electron chi connectivity index (χ0n) is 9.56. The number of hydrogen-bond donors (Lipinski definition) is 0. The van der Waals surface area contributed by atoms with Gasteiger partial charge in [0.15, 0.2) is 0 Å². The second-order valence-electron chi connectivity index (χ2n) is 2.10. The first-order valence-electron chi connectivity index (χ1n) is 4.90. The topological polar surface area (TPSA) is 23.8 Å². The molecular weight excluding hydrogens is 177 g/mol. The first kappa shape index (κ1) is 15.1. The number of aryl methyl sites for hydroxylation is 1. The zero-order chi connectivity index (χ0) is 11.6. The molecule has 0 atom stereocenters. The molecule has 0 aromatic heterocycles. The van der Waals surface area contributed by atoms with Gasteiger partial charge in [-0.3, -0.25) is 0 Å². The molecule has 1 rings (SSSR count). The van der Waals surface area contributed by atoms with E-state index in [4.69, 9.17) is 5.26 Å². The second-order valence-corrected chi connectivity index (χ2v) is 2.10. The molecule has 0 bridgehead atoms. The van der Waals surface area contributed by atoms with Crippen molar-refractivity contribution in [2.75, 3.05) is 0 Å². The molecule has 0 saturated carbocycles. The largest absolute Gasteiger partial charge is 0.206 e. The summed E-state index contributed by atoms with van der Waals surface area (Å²) in [5, 5.41) is 8.32. The van der Waals surface area contributed by atoms with Crippen molar-refractivity contribution < 1.29 is 4.39 Å². The summed E-state index contributed by atoms with van der Waals surface area (Å²) in [4.78, 5) is 0. The highest BCUT2D eigenvalue weighted by atomic mass is 19.1. The molecule has 14 heavy (non-hydrogen) atoms. The highest BCUT2D eigenvalue weighted by molar-refractivity contribution is 5.32. The third-order valence-corrected chi connectivity index (χ3v) is 1.25. The lowest BCUT2D eigenvalue weighted by atomic mass is 10.1. The van der Waals surface area contributed by atoms with Crippen LogP contribution >= 0.6 is 0 Å². The molecule has 0 aliphatic carbocycles. The lowest BCUT2D eigenvalue weighted by molar-refractivity contribution is 0.623. The Morgan fingerprint density at radius 1 is 1.14 bits per heavy atom. The summed E-state index contributed by atoms with van der Waals surface area (Å²) in [5.41, 5.74) is 0.933. The lowest BCUT2D eigenvalue weighted by Crippen LogP contribution is -1.82. The smallest absolute Gasteiger partial charge is 0.141 e. The highest BCUT2D eigenvalue weighted by Crippen LogP contribution is 2.07. The summed E-state index contributed by atoms with van der Waals surface area (Å²) in [6.45, 7) is 9.78. The van der Waals surface area contributed by atoms with Crippen LogP contribution in [0.15, 0.2) is 18.2 Å². The van der Waals surface area contributed by atoms with Gasteiger partial charge in [0.05, 0.1) is 5.56 Å². The Morgan fingerprint density at radius 3 is 2.00 bits per heavy atom. The van der Waals surface area contributed by atoms with E-state index >= 15 is 0 Å². The number of halogens is 1. The molecule has 0 aliphatic rings. The van der Waals surface area contributed by atoms with Crippen LogP contribution in [0, 0.1) is 24.1 Å². The minimum Gasteiger partial charge on any atom is -0.206 e. The van der Waals surface area contributed by atoms with Crippen molar-refractivity contribution in [1.82, 2.24) is 0 Å². The minimum atomic E-state index is -0.442. The Hall–Kier alpha value is -1.36. The summed E-state index contributed by atoms with van der Waals surface area (Å²) < 4.78 is 12.6. The van der Waals surface area contributed by atoms with E-state index in [-0.39, 0.29) is 5.56 Å². The normalized spacial score (nSPS) is 7.21. The molecule has 1 aromatic carbocycles. The Morgan fingerprint density at radius 2 is 1.64 bits per heavy atom. The molecule has 0 amide bonds. The fourth-order valence-corrected chi connectivity index (χ4v) is 0.711. The lowest BCUT2D eigenvalue weighted by Gasteiger charge is -1.92. The van der Waals surface area contributed by atoms with Gasteiger partial charge in [0.25, 0.3) is 0 Å². The van der Waals surface area contributed by atoms with Crippen LogP contribution in [0.1, 0.15) is 38.8 Å². The third-order valence-electron chi connectivity index (χ3n) is 1.25. The summed E-state index contributed by atoms with van der Waals surface area (Å²) in [5.74, 6) is -0.442. The second kappa shape index (κ2) is 9.73. The number of benzene rings is 1. The van der Waals surface area contributed by atoms with Gasteiger partial charge in [-0.1, -0.05) is 33.8 Å². The third kappa shape index (κ3) is 5.31. The van der Waals surface area contributed by atoms with Crippen LogP contribution in [-0.4, -0.2) is 0 Å². The Balaban J connectivity index is 0. The average Bonchev–Trinajstić information content (AvgIpc) is 2.24. The van der Waals surface area contributed by atoms with Crippen molar-refractivity contribution in [3.63, 3.8) is 0 Å². The van der Waals surface area contributed by atoms with Gasteiger partial charge in [0, 0.05) is 0 Å². The Kier molecular flexibility index (Phi) is 10.5. The fourth-order valence-electron chi connectivity index (χ4n) is 0.711. The molecule has 0 unspecified atom stereocenters. The summed E-state index contributed by atoms with van der Waals surface area (Å²) >= 11 is 0. The molecule has 0 spiro atoms. The maximum Gasteiger partial charge on any atom is 0.141 e. The number of nitriles is 1. The van der Waals surface area contributed by atoms with Gasteiger partial charge in [0.1, 0.15) is 11.9 Å². The molecule has 0 N–H and O–H groups in total. The Bertz CT molecular complexity index is 287. The number of nitrogens with zero attached hydrogens (tertiary/aromatic N) is 1. The van der Waals surface area contributed by atoms with Gasteiger partial charge in [-0.05, 0) is 24.6 Å². The van der Waals surface area contributed by atoms with Crippen LogP contribution in [0.4, 0.5) is 4.39 Å². The maximum absolute atomic E-state index is 12.6. The van der Waals surface area contributed by atoms with Crippen LogP contribution < -0.4 is 0 Å². The molecule has 78 valence electrons. The molecule has 1 nitrogen and oxygen atoms in total. The van der Waals surface area contributed by atoms with Crippen molar-refractivity contribution in [2.45, 2.75) is 34.6 Å². The van der Waals surface area contributed by atoms with E-state index in [1.54, 1.807) is 19.1 Å². The minimum absolute atomic E-state index is 0.102. The monoisotopic (exact) mass is 195 g/mol. The van der Waals surface area contributed by atoms with Crippen LogP contribution in [0.3, 0.4) is 0 Å². The summed E-state index contributed by atoms with van der Waals surface area (Å²) in [7, 11) is 0. The fraction of sp³-hybridized carbons (Fsp3) is 0.417. The highest BCUT2D eigenvalue weighted by Gasteiger charge is 1.98. The van der Waals surface area contributed by atoms with Crippen molar-refractivity contribution in [3.05, 3.63) is 35.1 Å². The summed E-state index contributed by atoms with van der Waals surface area (Å²) in [6, 6.07) is 6.28.